The van der Waals surface area contributed by atoms with Crippen LogP contribution in [0.25, 0.3) is 10.9 Å². The van der Waals surface area contributed by atoms with E-state index in [1.807, 2.05) is 54.6 Å². The number of esters is 2. The second-order valence-corrected chi connectivity index (χ2v) is 10.5. The predicted octanol–water partition coefficient (Wildman–Crippen LogP) is 4.13. The van der Waals surface area contributed by atoms with Crippen LogP contribution in [0.2, 0.25) is 0 Å². The van der Waals surface area contributed by atoms with Gasteiger partial charge in [0.1, 0.15) is 24.3 Å². The first-order valence-corrected chi connectivity index (χ1v) is 13.1. The maximum Gasteiger partial charge on any atom is 0.408 e. The number of hydrogen-bond donors (Lipinski definition) is 3. The largest absolute Gasteiger partial charge is 0.467 e. The van der Waals surface area contributed by atoms with Crippen molar-refractivity contribution in [3.8, 4) is 0 Å². The third kappa shape index (κ3) is 8.08. The number of carbonyl (C=O) groups excluding carboxylic acids is 4. The molecular weight excluding hydrogens is 514 g/mol. The Kier molecular flexibility index (Phi) is 9.93. The molecule has 0 aliphatic carbocycles. The minimum atomic E-state index is -1.13. The topological polar surface area (TPSA) is 136 Å². The van der Waals surface area contributed by atoms with Gasteiger partial charge in [-0.15, -0.1) is 0 Å². The van der Waals surface area contributed by atoms with Gasteiger partial charge < -0.3 is 29.8 Å². The SMILES string of the molecule is COC(=O)[C@H](C)NC(=O)[C@H](Cc1c(C(C)C(=O)OCc2ccccc2)[nH]c2ccccc12)NC(=O)OC(C)(C)C. The molecule has 0 radical (unpaired) electrons. The zero-order chi connectivity index (χ0) is 29.4. The summed E-state index contributed by atoms with van der Waals surface area (Å²) in [5.41, 5.74) is 2.03. The number of para-hydroxylation sites is 1. The van der Waals surface area contributed by atoms with E-state index in [0.29, 0.717) is 11.3 Å². The second kappa shape index (κ2) is 13.1. The Hall–Kier alpha value is -4.34. The Morgan fingerprint density at radius 3 is 2.20 bits per heavy atom. The van der Waals surface area contributed by atoms with Crippen molar-refractivity contribution < 1.29 is 33.4 Å². The zero-order valence-electron chi connectivity index (χ0n) is 23.7. The lowest BCUT2D eigenvalue weighted by Gasteiger charge is -2.24. The van der Waals surface area contributed by atoms with Crippen LogP contribution in [0, 0.1) is 0 Å². The summed E-state index contributed by atoms with van der Waals surface area (Å²) in [6, 6.07) is 14.7. The third-order valence-electron chi connectivity index (χ3n) is 6.19. The summed E-state index contributed by atoms with van der Waals surface area (Å²) < 4.78 is 15.7. The molecule has 0 aliphatic heterocycles. The molecule has 1 heterocycles. The molecule has 10 nitrogen and oxygen atoms in total. The van der Waals surface area contributed by atoms with Gasteiger partial charge in [-0.05, 0) is 51.8 Å². The number of carbonyl (C=O) groups is 4. The fraction of sp³-hybridized carbons (Fsp3) is 0.400. The van der Waals surface area contributed by atoms with E-state index >= 15 is 0 Å². The van der Waals surface area contributed by atoms with Crippen LogP contribution in [0.15, 0.2) is 54.6 Å². The van der Waals surface area contributed by atoms with Crippen molar-refractivity contribution in [1.29, 1.82) is 0 Å². The van der Waals surface area contributed by atoms with E-state index in [1.54, 1.807) is 27.7 Å². The first-order valence-electron chi connectivity index (χ1n) is 13.1. The number of rotatable bonds is 10. The van der Waals surface area contributed by atoms with Crippen molar-refractivity contribution in [3.05, 3.63) is 71.4 Å². The van der Waals surface area contributed by atoms with Gasteiger partial charge in [-0.3, -0.25) is 9.59 Å². The molecule has 1 aromatic heterocycles. The molecule has 0 saturated carbocycles. The molecule has 1 unspecified atom stereocenters. The second-order valence-electron chi connectivity index (χ2n) is 10.5. The molecule has 3 rings (SSSR count). The minimum absolute atomic E-state index is 0.00855. The van der Waals surface area contributed by atoms with Crippen LogP contribution in [0.4, 0.5) is 4.79 Å². The molecule has 0 saturated heterocycles. The molecule has 40 heavy (non-hydrogen) atoms. The van der Waals surface area contributed by atoms with Gasteiger partial charge in [-0.2, -0.15) is 0 Å². The van der Waals surface area contributed by atoms with Crippen LogP contribution in [0.5, 0.6) is 0 Å². The summed E-state index contributed by atoms with van der Waals surface area (Å²) in [5, 5.41) is 5.99. The molecule has 2 aromatic carbocycles. The average Bonchev–Trinajstić information content (AvgIpc) is 3.28. The molecule has 3 atom stereocenters. The quantitative estimate of drug-likeness (QED) is 0.255. The van der Waals surface area contributed by atoms with Gasteiger partial charge in [0.25, 0.3) is 0 Å². The fourth-order valence-corrected chi connectivity index (χ4v) is 4.19. The highest BCUT2D eigenvalue weighted by molar-refractivity contribution is 5.92. The Bertz CT molecular complexity index is 1340. The molecule has 2 amide bonds. The number of hydrogen-bond acceptors (Lipinski definition) is 7. The van der Waals surface area contributed by atoms with Gasteiger partial charge in [0.2, 0.25) is 5.91 Å². The Morgan fingerprint density at radius 2 is 1.55 bits per heavy atom. The van der Waals surface area contributed by atoms with E-state index in [4.69, 9.17) is 14.2 Å². The van der Waals surface area contributed by atoms with Crippen molar-refractivity contribution in [3.63, 3.8) is 0 Å². The van der Waals surface area contributed by atoms with Crippen molar-refractivity contribution in [1.82, 2.24) is 15.6 Å². The molecule has 0 bridgehead atoms. The number of H-pyrrole nitrogens is 1. The van der Waals surface area contributed by atoms with E-state index in [9.17, 15) is 19.2 Å². The van der Waals surface area contributed by atoms with Crippen LogP contribution >= 0.6 is 0 Å². The summed E-state index contributed by atoms with van der Waals surface area (Å²) in [5.74, 6) is -2.39. The van der Waals surface area contributed by atoms with Gasteiger partial charge in [-0.1, -0.05) is 48.5 Å². The van der Waals surface area contributed by atoms with Crippen LogP contribution in [-0.2, 0) is 41.6 Å². The van der Waals surface area contributed by atoms with E-state index in [0.717, 1.165) is 16.5 Å². The maximum atomic E-state index is 13.3. The highest BCUT2D eigenvalue weighted by Gasteiger charge is 2.31. The number of aromatic nitrogens is 1. The molecular formula is C30H37N3O7. The molecule has 0 aliphatic rings. The van der Waals surface area contributed by atoms with Gasteiger partial charge in [0.15, 0.2) is 0 Å². The van der Waals surface area contributed by atoms with Crippen LogP contribution < -0.4 is 10.6 Å². The van der Waals surface area contributed by atoms with Crippen molar-refractivity contribution in [2.75, 3.05) is 7.11 Å². The number of fused-ring (bicyclic) bond motifs is 1. The highest BCUT2D eigenvalue weighted by atomic mass is 16.6. The number of ether oxygens (including phenoxy) is 3. The van der Waals surface area contributed by atoms with E-state index in [2.05, 4.69) is 15.6 Å². The Morgan fingerprint density at radius 1 is 0.900 bits per heavy atom. The summed E-state index contributed by atoms with van der Waals surface area (Å²) >= 11 is 0. The van der Waals surface area contributed by atoms with Gasteiger partial charge in [0, 0.05) is 23.0 Å². The molecule has 0 fully saturated rings. The van der Waals surface area contributed by atoms with Gasteiger partial charge in [0.05, 0.1) is 13.0 Å². The van der Waals surface area contributed by atoms with Crippen LogP contribution in [0.3, 0.4) is 0 Å². The lowest BCUT2D eigenvalue weighted by molar-refractivity contribution is -0.146. The molecule has 3 aromatic rings. The molecule has 10 heteroatoms. The zero-order valence-corrected chi connectivity index (χ0v) is 23.7. The normalized spacial score (nSPS) is 13.6. The van der Waals surface area contributed by atoms with Crippen molar-refractivity contribution in [2.45, 2.75) is 71.2 Å². The predicted molar refractivity (Wildman–Crippen MR) is 149 cm³/mol. The average molecular weight is 552 g/mol. The maximum absolute atomic E-state index is 13.3. The smallest absolute Gasteiger partial charge is 0.408 e. The van der Waals surface area contributed by atoms with Crippen LogP contribution in [-0.4, -0.2) is 53.7 Å². The van der Waals surface area contributed by atoms with E-state index in [-0.39, 0.29) is 13.0 Å². The van der Waals surface area contributed by atoms with Crippen molar-refractivity contribution >= 4 is 34.8 Å². The first-order chi connectivity index (χ1) is 18.9. The number of alkyl carbamates (subject to hydrolysis) is 1. The Balaban J connectivity index is 1.92. The summed E-state index contributed by atoms with van der Waals surface area (Å²) in [6.45, 7) is 8.45. The number of benzene rings is 2. The number of nitrogens with one attached hydrogen (secondary N) is 3. The molecule has 0 spiro atoms. The highest BCUT2D eigenvalue weighted by Crippen LogP contribution is 2.30. The van der Waals surface area contributed by atoms with Crippen molar-refractivity contribution in [2.24, 2.45) is 0 Å². The van der Waals surface area contributed by atoms with Gasteiger partial charge >= 0.3 is 18.0 Å². The molecule has 3 N–H and O–H groups in total. The van der Waals surface area contributed by atoms with E-state index < -0.39 is 47.5 Å². The lowest BCUT2D eigenvalue weighted by Crippen LogP contribution is -2.52. The monoisotopic (exact) mass is 551 g/mol. The first kappa shape index (κ1) is 30.2. The summed E-state index contributed by atoms with van der Waals surface area (Å²) in [7, 11) is 1.22. The Labute approximate surface area is 233 Å². The van der Waals surface area contributed by atoms with E-state index in [1.165, 1.54) is 14.0 Å². The summed E-state index contributed by atoms with van der Waals surface area (Å²) in [6.07, 6.45) is -0.788. The number of methoxy groups -OCH3 is 1. The number of amides is 2. The number of aromatic amines is 1. The fourth-order valence-electron chi connectivity index (χ4n) is 4.19. The van der Waals surface area contributed by atoms with Crippen LogP contribution in [0.1, 0.15) is 57.4 Å². The van der Waals surface area contributed by atoms with Gasteiger partial charge in [-0.25, -0.2) is 9.59 Å². The third-order valence-corrected chi connectivity index (χ3v) is 6.19. The standard InChI is InChI=1S/C30H37N3O7/c1-18(27(35)39-17-20-12-8-7-9-13-20)25-22(21-14-10-11-15-23(21)32-25)16-24(33-29(37)40-30(3,4)5)26(34)31-19(2)28(36)38-6/h7-15,18-19,24,32H,16-17H2,1-6H3,(H,31,34)(H,33,37)/t18?,19-,24-/m0/s1. The lowest BCUT2D eigenvalue weighted by atomic mass is 9.96. The molecule has 214 valence electrons. The summed E-state index contributed by atoms with van der Waals surface area (Å²) in [4.78, 5) is 54.4. The minimum Gasteiger partial charge on any atom is -0.467 e.